The van der Waals surface area contributed by atoms with E-state index in [1.807, 2.05) is 18.2 Å². The Morgan fingerprint density at radius 2 is 2.11 bits per heavy atom. The number of oxime groups is 1. The number of aliphatic carboxylic acids is 1. The zero-order valence-corrected chi connectivity index (χ0v) is 20.4. The molecule has 1 saturated heterocycles. The second kappa shape index (κ2) is 10.6. The number of anilines is 1. The normalized spacial score (nSPS) is 19.8. The summed E-state index contributed by atoms with van der Waals surface area (Å²) in [5.41, 5.74) is 11.1. The zero-order valence-electron chi connectivity index (χ0n) is 18.0. The van der Waals surface area contributed by atoms with E-state index < -0.39 is 29.2 Å². The van der Waals surface area contributed by atoms with Crippen molar-refractivity contribution in [2.45, 2.75) is 18.0 Å². The fourth-order valence-corrected chi connectivity index (χ4v) is 5.84. The number of hydrogen-bond acceptors (Lipinski definition) is 11. The van der Waals surface area contributed by atoms with Gasteiger partial charge < -0.3 is 31.5 Å². The maximum absolute atomic E-state index is 13.0. The Kier molecular flexibility index (Phi) is 7.54. The number of pyridine rings is 1. The summed E-state index contributed by atoms with van der Waals surface area (Å²) in [4.78, 5) is 48.1. The van der Waals surface area contributed by atoms with E-state index in [0.29, 0.717) is 11.3 Å². The number of carbonyl (C=O) groups excluding carboxylic acids is 3. The van der Waals surface area contributed by atoms with Gasteiger partial charge in [-0.15, -0.1) is 11.8 Å². The molecular formula is C20H20ClN7O5S2. The number of thiazole rings is 1. The molecule has 184 valence electrons. The van der Waals surface area contributed by atoms with Gasteiger partial charge in [-0.3, -0.25) is 14.5 Å². The molecule has 2 amide bonds. The molecule has 2 aromatic rings. The van der Waals surface area contributed by atoms with Gasteiger partial charge in [-0.05, 0) is 0 Å². The first-order valence-corrected chi connectivity index (χ1v) is 12.5. The minimum atomic E-state index is -1.46. The van der Waals surface area contributed by atoms with E-state index in [-0.39, 0.29) is 46.3 Å². The van der Waals surface area contributed by atoms with Crippen molar-refractivity contribution in [1.82, 2.24) is 15.2 Å². The number of carboxylic acids is 1. The van der Waals surface area contributed by atoms with Crippen LogP contribution in [-0.4, -0.2) is 63.7 Å². The summed E-state index contributed by atoms with van der Waals surface area (Å²) in [6.07, 6.45) is 3.59. The first-order valence-electron chi connectivity index (χ1n) is 10.3. The van der Waals surface area contributed by atoms with Crippen LogP contribution in [0.1, 0.15) is 5.69 Å². The number of β-lactam (4-membered cyclic amide) rings is 1. The Morgan fingerprint density at radius 3 is 2.74 bits per heavy atom. The largest absolute Gasteiger partial charge is 0.543 e. The van der Waals surface area contributed by atoms with E-state index in [1.54, 1.807) is 17.0 Å². The predicted octanol–water partition coefficient (Wildman–Crippen LogP) is -1.55. The summed E-state index contributed by atoms with van der Waals surface area (Å²) in [5, 5.41) is 17.8. The zero-order chi connectivity index (χ0) is 25.1. The molecule has 2 atom stereocenters. The Balaban J connectivity index is 1.54. The number of amides is 2. The van der Waals surface area contributed by atoms with Gasteiger partial charge in [-0.2, -0.15) is 0 Å². The van der Waals surface area contributed by atoms with Crippen LogP contribution in [0.3, 0.4) is 0 Å². The van der Waals surface area contributed by atoms with Crippen LogP contribution in [0.5, 0.6) is 0 Å². The van der Waals surface area contributed by atoms with Crippen molar-refractivity contribution >= 4 is 63.3 Å². The van der Waals surface area contributed by atoms with Crippen LogP contribution in [0.15, 0.2) is 47.0 Å². The number of nitrogen functional groups attached to an aromatic ring is 1. The summed E-state index contributed by atoms with van der Waals surface area (Å²) < 4.78 is 1.92. The van der Waals surface area contributed by atoms with Gasteiger partial charge in [0, 0.05) is 30.0 Å². The lowest BCUT2D eigenvalue weighted by atomic mass is 10.0. The molecule has 1 fully saturated rings. The molecule has 0 bridgehead atoms. The van der Waals surface area contributed by atoms with Crippen LogP contribution in [0.25, 0.3) is 0 Å². The van der Waals surface area contributed by atoms with E-state index >= 15 is 0 Å². The molecular weight excluding hydrogens is 518 g/mol. The fraction of sp³-hybridized carbons (Fsp3) is 0.300. The van der Waals surface area contributed by atoms with Crippen molar-refractivity contribution < 1.29 is 28.9 Å². The molecule has 12 nitrogen and oxygen atoms in total. The standard InChI is InChI=1S/C20H20ClN7O5S2/c21-15-11(25-20(23)35-15)12(26-33-7-4-22)16(29)24-13-17(30)28-14(19(31)32)10(9-34-18(13)28)8-27-5-2-1-3-6-27/h1-3,5-6,13,18H,4,7-9,22H2,(H3-,23,24,25,29,31,32)/b26-12-/t13-,18-/m1/s1. The molecule has 15 heteroatoms. The molecule has 4 heterocycles. The number of thioether (sulfide) groups is 1. The fourth-order valence-electron chi connectivity index (χ4n) is 3.58. The molecule has 35 heavy (non-hydrogen) atoms. The Morgan fingerprint density at radius 1 is 1.37 bits per heavy atom. The molecule has 0 spiro atoms. The van der Waals surface area contributed by atoms with Crippen LogP contribution in [0.4, 0.5) is 5.13 Å². The second-order valence-corrected chi connectivity index (χ2v) is 10.1. The molecule has 0 aliphatic carbocycles. The third kappa shape index (κ3) is 5.10. The molecule has 4 rings (SSSR count). The van der Waals surface area contributed by atoms with Gasteiger partial charge in [-0.1, -0.05) is 34.2 Å². The van der Waals surface area contributed by atoms with Gasteiger partial charge in [0.25, 0.3) is 11.8 Å². The highest BCUT2D eigenvalue weighted by Crippen LogP contribution is 2.40. The summed E-state index contributed by atoms with van der Waals surface area (Å²) in [6, 6.07) is 4.48. The first-order chi connectivity index (χ1) is 16.8. The summed E-state index contributed by atoms with van der Waals surface area (Å²) in [6.45, 7) is 0.469. The summed E-state index contributed by atoms with van der Waals surface area (Å²) in [5.74, 6) is -2.49. The number of nitrogens with one attached hydrogen (secondary N) is 1. The van der Waals surface area contributed by atoms with Crippen LogP contribution in [0.2, 0.25) is 4.34 Å². The van der Waals surface area contributed by atoms with Crippen molar-refractivity contribution in [1.29, 1.82) is 0 Å². The highest BCUT2D eigenvalue weighted by Gasteiger charge is 2.53. The smallest absolute Gasteiger partial charge is 0.276 e. The summed E-state index contributed by atoms with van der Waals surface area (Å²) in [7, 11) is 0. The number of nitrogens with two attached hydrogens (primary N) is 2. The lowest BCUT2D eigenvalue weighted by Gasteiger charge is -2.50. The lowest BCUT2D eigenvalue weighted by molar-refractivity contribution is -0.689. The van der Waals surface area contributed by atoms with Crippen LogP contribution >= 0.6 is 34.7 Å². The average molecular weight is 538 g/mol. The minimum absolute atomic E-state index is 0.00102. The predicted molar refractivity (Wildman–Crippen MR) is 127 cm³/mol. The van der Waals surface area contributed by atoms with Gasteiger partial charge in [0.15, 0.2) is 29.8 Å². The first kappa shape index (κ1) is 24.9. The number of aromatic nitrogens is 2. The Labute approximate surface area is 212 Å². The van der Waals surface area contributed by atoms with E-state index in [9.17, 15) is 19.5 Å². The van der Waals surface area contributed by atoms with Crippen molar-refractivity contribution in [3.63, 3.8) is 0 Å². The molecule has 0 unspecified atom stereocenters. The van der Waals surface area contributed by atoms with Gasteiger partial charge in [0.05, 0.1) is 11.7 Å². The monoisotopic (exact) mass is 537 g/mol. The molecule has 0 aromatic carbocycles. The maximum atomic E-state index is 13.0. The second-order valence-electron chi connectivity index (χ2n) is 7.38. The van der Waals surface area contributed by atoms with Crippen LogP contribution < -0.4 is 26.5 Å². The highest BCUT2D eigenvalue weighted by molar-refractivity contribution is 8.00. The molecule has 0 radical (unpaired) electrons. The Hall–Kier alpha value is -3.20. The van der Waals surface area contributed by atoms with Gasteiger partial charge in [0.1, 0.15) is 28.1 Å². The molecule has 2 aliphatic rings. The number of nitrogens with zero attached hydrogens (tertiary/aromatic N) is 4. The number of halogens is 1. The molecule has 2 aromatic heterocycles. The third-order valence-corrected chi connectivity index (χ3v) is 7.51. The number of carboxylic acid groups (broad SMARTS) is 1. The van der Waals surface area contributed by atoms with E-state index in [2.05, 4.69) is 15.5 Å². The SMILES string of the molecule is NCCO/N=C(\C(=O)N[C@@H]1C(=O)N2C(C(=O)[O-])=C(C[n+]3ccccc3)CS[C@H]12)c1nc(N)sc1Cl. The number of rotatable bonds is 9. The quantitative estimate of drug-likeness (QED) is 0.112. The molecule has 2 aliphatic heterocycles. The van der Waals surface area contributed by atoms with Gasteiger partial charge in [-0.25, -0.2) is 9.55 Å². The maximum Gasteiger partial charge on any atom is 0.276 e. The summed E-state index contributed by atoms with van der Waals surface area (Å²) >= 11 is 8.41. The van der Waals surface area contributed by atoms with Crippen molar-refractivity contribution in [2.75, 3.05) is 24.6 Å². The van der Waals surface area contributed by atoms with Gasteiger partial charge >= 0.3 is 0 Å². The van der Waals surface area contributed by atoms with Crippen molar-refractivity contribution in [3.05, 3.63) is 51.9 Å². The van der Waals surface area contributed by atoms with Gasteiger partial charge in [0.2, 0.25) is 0 Å². The number of hydrogen-bond donors (Lipinski definition) is 3. The molecule has 5 N–H and O–H groups in total. The molecule has 0 saturated carbocycles. The lowest BCUT2D eigenvalue weighted by Crippen LogP contribution is -2.71. The Bertz CT molecular complexity index is 1220. The highest BCUT2D eigenvalue weighted by atomic mass is 35.5. The average Bonchev–Trinajstić information content (AvgIpc) is 3.17. The van der Waals surface area contributed by atoms with Crippen molar-refractivity contribution in [3.8, 4) is 0 Å². The topological polar surface area (TPSA) is 180 Å². The van der Waals surface area contributed by atoms with Crippen LogP contribution in [-0.2, 0) is 25.8 Å². The van der Waals surface area contributed by atoms with E-state index in [0.717, 1.165) is 16.2 Å². The van der Waals surface area contributed by atoms with E-state index in [4.69, 9.17) is 27.9 Å². The van der Waals surface area contributed by atoms with E-state index in [1.165, 1.54) is 11.8 Å². The number of fused-ring (bicyclic) bond motifs is 1. The van der Waals surface area contributed by atoms with Crippen molar-refractivity contribution in [2.24, 2.45) is 10.9 Å². The third-order valence-electron chi connectivity index (χ3n) is 5.08. The van der Waals surface area contributed by atoms with Crippen LogP contribution in [0, 0.1) is 0 Å². The minimum Gasteiger partial charge on any atom is -0.543 e. The number of carbonyl (C=O) groups is 3.